The number of nitrogens with zero attached hydrogens (tertiary/aromatic N) is 1. The molecule has 0 aromatic rings. The summed E-state index contributed by atoms with van der Waals surface area (Å²) in [5, 5.41) is 2.85. The molecule has 0 aliphatic carbocycles. The molecule has 1 rings (SSSR count). The highest BCUT2D eigenvalue weighted by Gasteiger charge is 2.10. The van der Waals surface area contributed by atoms with E-state index < -0.39 is 0 Å². The molecule has 94 valence electrons. The van der Waals surface area contributed by atoms with Gasteiger partial charge in [0.2, 0.25) is 5.91 Å². The Morgan fingerprint density at radius 3 is 2.94 bits per heavy atom. The molecule has 1 aliphatic heterocycles. The summed E-state index contributed by atoms with van der Waals surface area (Å²) in [6, 6.07) is 0. The first-order chi connectivity index (χ1) is 7.68. The molecule has 0 aromatic carbocycles. The van der Waals surface area contributed by atoms with Crippen molar-refractivity contribution in [3.05, 3.63) is 0 Å². The van der Waals surface area contributed by atoms with Gasteiger partial charge in [-0.2, -0.15) is 0 Å². The molecule has 1 saturated heterocycles. The second kappa shape index (κ2) is 7.63. The van der Waals surface area contributed by atoms with Gasteiger partial charge >= 0.3 is 0 Å². The zero-order chi connectivity index (χ0) is 11.8. The highest BCUT2D eigenvalue weighted by atomic mass is 16.5. The van der Waals surface area contributed by atoms with E-state index >= 15 is 0 Å². The van der Waals surface area contributed by atoms with Crippen molar-refractivity contribution >= 4 is 5.91 Å². The van der Waals surface area contributed by atoms with E-state index in [9.17, 15) is 4.79 Å². The van der Waals surface area contributed by atoms with Gasteiger partial charge in [-0.25, -0.2) is 0 Å². The molecule has 1 fully saturated rings. The Morgan fingerprint density at radius 1 is 1.38 bits per heavy atom. The Labute approximate surface area is 98.3 Å². The highest BCUT2D eigenvalue weighted by Crippen LogP contribution is 2.03. The Morgan fingerprint density at radius 2 is 2.19 bits per heavy atom. The van der Waals surface area contributed by atoms with Gasteiger partial charge in [-0.1, -0.05) is 13.8 Å². The summed E-state index contributed by atoms with van der Waals surface area (Å²) in [6.45, 7) is 9.35. The van der Waals surface area contributed by atoms with E-state index in [0.29, 0.717) is 25.5 Å². The first-order valence-corrected chi connectivity index (χ1v) is 6.25. The summed E-state index contributed by atoms with van der Waals surface area (Å²) in [7, 11) is 0. The van der Waals surface area contributed by atoms with Crippen LogP contribution in [0.4, 0.5) is 0 Å². The minimum atomic E-state index is 0.139. The Balaban J connectivity index is 2.31. The predicted octanol–water partition coefficient (Wildman–Crippen LogP) is 0.871. The average Bonchev–Trinajstić information content (AvgIpc) is 2.25. The van der Waals surface area contributed by atoms with Crippen LogP contribution in [-0.2, 0) is 9.53 Å². The van der Waals surface area contributed by atoms with Crippen LogP contribution in [0.25, 0.3) is 0 Å². The first kappa shape index (κ1) is 13.5. The number of hydrogen-bond donors (Lipinski definition) is 1. The first-order valence-electron chi connectivity index (χ1n) is 6.25. The largest absolute Gasteiger partial charge is 0.378 e. The Hall–Kier alpha value is -0.610. The van der Waals surface area contributed by atoms with Gasteiger partial charge in [-0.15, -0.1) is 0 Å². The molecule has 0 saturated carbocycles. The molecule has 1 heterocycles. The van der Waals surface area contributed by atoms with Gasteiger partial charge in [0.1, 0.15) is 0 Å². The van der Waals surface area contributed by atoms with Gasteiger partial charge in [0.15, 0.2) is 0 Å². The SMILES string of the molecule is CC(C)CCN1CCOCCNC(=O)CC1. The van der Waals surface area contributed by atoms with E-state index in [-0.39, 0.29) is 5.91 Å². The second-order valence-electron chi connectivity index (χ2n) is 4.74. The number of amides is 1. The van der Waals surface area contributed by atoms with Crippen LogP contribution in [0.1, 0.15) is 26.7 Å². The smallest absolute Gasteiger partial charge is 0.221 e. The quantitative estimate of drug-likeness (QED) is 0.779. The van der Waals surface area contributed by atoms with Crippen LogP contribution in [0.5, 0.6) is 0 Å². The molecule has 0 radical (unpaired) electrons. The fourth-order valence-electron chi connectivity index (χ4n) is 1.68. The van der Waals surface area contributed by atoms with Crippen molar-refractivity contribution in [2.45, 2.75) is 26.7 Å². The summed E-state index contributed by atoms with van der Waals surface area (Å²) in [4.78, 5) is 13.7. The normalized spacial score (nSPS) is 20.8. The van der Waals surface area contributed by atoms with Crippen LogP contribution < -0.4 is 5.32 Å². The standard InChI is InChI=1S/C12H24N2O2/c1-11(2)3-6-14-7-4-12(15)13-5-9-16-10-8-14/h11H,3-10H2,1-2H3,(H,13,15). The summed E-state index contributed by atoms with van der Waals surface area (Å²) >= 11 is 0. The number of ether oxygens (including phenoxy) is 1. The van der Waals surface area contributed by atoms with E-state index in [1.165, 1.54) is 6.42 Å². The molecule has 0 bridgehead atoms. The number of carbonyl (C=O) groups is 1. The lowest BCUT2D eigenvalue weighted by atomic mass is 10.1. The summed E-state index contributed by atoms with van der Waals surface area (Å²) in [6.07, 6.45) is 1.79. The molecule has 0 atom stereocenters. The fourth-order valence-corrected chi connectivity index (χ4v) is 1.68. The maximum atomic E-state index is 11.4. The van der Waals surface area contributed by atoms with E-state index in [1.807, 2.05) is 0 Å². The van der Waals surface area contributed by atoms with Gasteiger partial charge < -0.3 is 15.0 Å². The molecule has 0 spiro atoms. The molecular weight excluding hydrogens is 204 g/mol. The highest BCUT2D eigenvalue weighted by molar-refractivity contribution is 5.76. The molecule has 0 unspecified atom stereocenters. The number of rotatable bonds is 3. The van der Waals surface area contributed by atoms with Gasteiger partial charge in [0, 0.05) is 26.1 Å². The maximum Gasteiger partial charge on any atom is 0.221 e. The van der Waals surface area contributed by atoms with Crippen molar-refractivity contribution in [1.29, 1.82) is 0 Å². The number of nitrogens with one attached hydrogen (secondary N) is 1. The van der Waals surface area contributed by atoms with Crippen LogP contribution in [0.3, 0.4) is 0 Å². The zero-order valence-corrected chi connectivity index (χ0v) is 10.5. The lowest BCUT2D eigenvalue weighted by Crippen LogP contribution is -2.37. The lowest BCUT2D eigenvalue weighted by molar-refractivity contribution is -0.122. The Bertz CT molecular complexity index is 207. The molecular formula is C12H24N2O2. The van der Waals surface area contributed by atoms with Crippen molar-refractivity contribution in [2.24, 2.45) is 5.92 Å². The van der Waals surface area contributed by atoms with Crippen molar-refractivity contribution in [1.82, 2.24) is 10.2 Å². The molecule has 1 aliphatic rings. The molecule has 1 amide bonds. The van der Waals surface area contributed by atoms with Gasteiger partial charge in [-0.05, 0) is 18.9 Å². The number of carbonyl (C=O) groups excluding carboxylic acids is 1. The van der Waals surface area contributed by atoms with Gasteiger partial charge in [-0.3, -0.25) is 4.79 Å². The summed E-state index contributed by atoms with van der Waals surface area (Å²) in [5.41, 5.74) is 0. The predicted molar refractivity (Wildman–Crippen MR) is 64.3 cm³/mol. The number of hydrogen-bond acceptors (Lipinski definition) is 3. The minimum absolute atomic E-state index is 0.139. The molecule has 4 heteroatoms. The monoisotopic (exact) mass is 228 g/mol. The zero-order valence-electron chi connectivity index (χ0n) is 10.5. The van der Waals surface area contributed by atoms with Crippen LogP contribution in [-0.4, -0.2) is 50.2 Å². The fraction of sp³-hybridized carbons (Fsp3) is 0.917. The van der Waals surface area contributed by atoms with Crippen LogP contribution >= 0.6 is 0 Å². The van der Waals surface area contributed by atoms with Gasteiger partial charge in [0.05, 0.1) is 13.2 Å². The van der Waals surface area contributed by atoms with E-state index in [0.717, 1.165) is 26.2 Å². The van der Waals surface area contributed by atoms with Crippen molar-refractivity contribution in [3.63, 3.8) is 0 Å². The molecule has 0 aromatic heterocycles. The van der Waals surface area contributed by atoms with E-state index in [4.69, 9.17) is 4.74 Å². The van der Waals surface area contributed by atoms with Crippen molar-refractivity contribution in [3.8, 4) is 0 Å². The van der Waals surface area contributed by atoms with Crippen LogP contribution in [0.2, 0.25) is 0 Å². The maximum absolute atomic E-state index is 11.4. The van der Waals surface area contributed by atoms with Gasteiger partial charge in [0.25, 0.3) is 0 Å². The molecule has 16 heavy (non-hydrogen) atoms. The van der Waals surface area contributed by atoms with Crippen LogP contribution in [0, 0.1) is 5.92 Å². The van der Waals surface area contributed by atoms with Crippen molar-refractivity contribution in [2.75, 3.05) is 39.4 Å². The van der Waals surface area contributed by atoms with Crippen molar-refractivity contribution < 1.29 is 9.53 Å². The Kier molecular flexibility index (Phi) is 6.42. The third-order valence-corrected chi connectivity index (χ3v) is 2.80. The lowest BCUT2D eigenvalue weighted by Gasteiger charge is -2.24. The minimum Gasteiger partial charge on any atom is -0.378 e. The average molecular weight is 228 g/mol. The second-order valence-corrected chi connectivity index (χ2v) is 4.74. The summed E-state index contributed by atoms with van der Waals surface area (Å²) < 4.78 is 5.44. The summed E-state index contributed by atoms with van der Waals surface area (Å²) in [5.74, 6) is 0.852. The third-order valence-electron chi connectivity index (χ3n) is 2.80. The molecule has 1 N–H and O–H groups in total. The molecule has 4 nitrogen and oxygen atoms in total. The van der Waals surface area contributed by atoms with E-state index in [1.54, 1.807) is 0 Å². The third kappa shape index (κ3) is 6.08. The van der Waals surface area contributed by atoms with E-state index in [2.05, 4.69) is 24.1 Å². The van der Waals surface area contributed by atoms with Crippen LogP contribution in [0.15, 0.2) is 0 Å². The topological polar surface area (TPSA) is 41.6 Å².